The molecule has 0 saturated carbocycles. The molecule has 14 heavy (non-hydrogen) atoms. The van der Waals surface area contributed by atoms with E-state index >= 15 is 0 Å². The van der Waals surface area contributed by atoms with Crippen LogP contribution < -0.4 is 11.1 Å². The van der Waals surface area contributed by atoms with Crippen LogP contribution in [0.25, 0.3) is 0 Å². The molecule has 5 nitrogen and oxygen atoms in total. The van der Waals surface area contributed by atoms with E-state index in [4.69, 9.17) is 10.5 Å². The van der Waals surface area contributed by atoms with Crippen molar-refractivity contribution >= 4 is 5.91 Å². The topological polar surface area (TPSA) is 84.6 Å². The lowest BCUT2D eigenvalue weighted by molar-refractivity contribution is -0.118. The van der Waals surface area contributed by atoms with Crippen LogP contribution in [0.1, 0.15) is 19.8 Å². The first-order valence-corrected chi connectivity index (χ1v) is 4.91. The van der Waals surface area contributed by atoms with Gasteiger partial charge in [-0.2, -0.15) is 0 Å². The number of rotatable bonds is 9. The summed E-state index contributed by atoms with van der Waals surface area (Å²) in [4.78, 5) is 10.4. The number of nitrogens with one attached hydrogen (secondary N) is 1. The normalized spacial score (nSPS) is 12.7. The van der Waals surface area contributed by atoms with Crippen molar-refractivity contribution in [2.24, 2.45) is 5.73 Å². The molecule has 5 heteroatoms. The van der Waals surface area contributed by atoms with E-state index in [2.05, 4.69) is 5.32 Å². The van der Waals surface area contributed by atoms with E-state index in [0.717, 1.165) is 0 Å². The van der Waals surface area contributed by atoms with Crippen molar-refractivity contribution in [1.29, 1.82) is 0 Å². The molecule has 84 valence electrons. The highest BCUT2D eigenvalue weighted by Gasteiger charge is 2.02. The molecule has 1 unspecified atom stereocenters. The number of carbonyl (C=O) groups excluding carboxylic acids is 1. The maximum absolute atomic E-state index is 10.4. The predicted molar refractivity (Wildman–Crippen MR) is 53.8 cm³/mol. The summed E-state index contributed by atoms with van der Waals surface area (Å²) in [7, 11) is 0. The van der Waals surface area contributed by atoms with Crippen LogP contribution in [0, 0.1) is 0 Å². The molecule has 1 amide bonds. The number of primary amides is 1. The molecule has 1 atom stereocenters. The van der Waals surface area contributed by atoms with Crippen molar-refractivity contribution in [3.8, 4) is 0 Å². The second-order valence-corrected chi connectivity index (χ2v) is 3.09. The molecule has 0 aromatic carbocycles. The third kappa shape index (κ3) is 9.44. The lowest BCUT2D eigenvalue weighted by Crippen LogP contribution is -2.31. The van der Waals surface area contributed by atoms with E-state index in [1.165, 1.54) is 0 Å². The van der Waals surface area contributed by atoms with Crippen LogP contribution in [0.2, 0.25) is 0 Å². The summed E-state index contributed by atoms with van der Waals surface area (Å²) in [5, 5.41) is 12.3. The number of amides is 1. The second kappa shape index (κ2) is 8.93. The number of hydrogen-bond acceptors (Lipinski definition) is 4. The lowest BCUT2D eigenvalue weighted by atomic mass is 10.3. The van der Waals surface area contributed by atoms with E-state index in [0.29, 0.717) is 39.1 Å². The Bertz CT molecular complexity index is 153. The van der Waals surface area contributed by atoms with Crippen LogP contribution in [0.15, 0.2) is 0 Å². The minimum atomic E-state index is -0.483. The Morgan fingerprint density at radius 1 is 1.64 bits per heavy atom. The fraction of sp³-hybridized carbons (Fsp3) is 0.889. The third-order valence-electron chi connectivity index (χ3n) is 1.67. The van der Waals surface area contributed by atoms with Crippen molar-refractivity contribution in [1.82, 2.24) is 5.32 Å². The van der Waals surface area contributed by atoms with Crippen molar-refractivity contribution < 1.29 is 14.6 Å². The van der Waals surface area contributed by atoms with Gasteiger partial charge in [-0.1, -0.05) is 0 Å². The Kier molecular flexibility index (Phi) is 8.51. The highest BCUT2D eigenvalue weighted by Crippen LogP contribution is 1.86. The van der Waals surface area contributed by atoms with Gasteiger partial charge in [0.05, 0.1) is 12.7 Å². The molecule has 0 radical (unpaired) electrons. The number of carbonyl (C=O) groups is 1. The fourth-order valence-electron chi connectivity index (χ4n) is 0.969. The van der Waals surface area contributed by atoms with E-state index in [9.17, 15) is 9.90 Å². The SMILES string of the molecule is CCOCC(O)CNCCCC(N)=O. The first-order valence-electron chi connectivity index (χ1n) is 4.91. The number of aliphatic hydroxyl groups is 1. The van der Waals surface area contributed by atoms with Gasteiger partial charge >= 0.3 is 0 Å². The smallest absolute Gasteiger partial charge is 0.217 e. The van der Waals surface area contributed by atoms with Crippen LogP contribution in [-0.4, -0.2) is 43.4 Å². The Labute approximate surface area is 84.6 Å². The van der Waals surface area contributed by atoms with Crippen molar-refractivity contribution in [3.63, 3.8) is 0 Å². The molecule has 0 aliphatic carbocycles. The van der Waals surface area contributed by atoms with E-state index in [1.54, 1.807) is 0 Å². The van der Waals surface area contributed by atoms with Crippen molar-refractivity contribution in [2.75, 3.05) is 26.3 Å². The molecule has 0 aromatic rings. The van der Waals surface area contributed by atoms with Gasteiger partial charge in [0.1, 0.15) is 0 Å². The zero-order valence-electron chi connectivity index (χ0n) is 8.66. The average molecular weight is 204 g/mol. The van der Waals surface area contributed by atoms with Gasteiger partial charge in [-0.25, -0.2) is 0 Å². The minimum Gasteiger partial charge on any atom is -0.389 e. The minimum absolute atomic E-state index is 0.290. The summed E-state index contributed by atoms with van der Waals surface area (Å²) < 4.78 is 5.03. The number of nitrogens with two attached hydrogens (primary N) is 1. The number of hydrogen-bond donors (Lipinski definition) is 3. The predicted octanol–water partition coefficient (Wildman–Crippen LogP) is -0.761. The van der Waals surface area contributed by atoms with Gasteiger partial charge in [0.15, 0.2) is 0 Å². The maximum Gasteiger partial charge on any atom is 0.217 e. The molecule has 0 fully saturated rings. The van der Waals surface area contributed by atoms with Gasteiger partial charge in [0, 0.05) is 19.6 Å². The Hall–Kier alpha value is -0.650. The standard InChI is InChI=1S/C9H20N2O3/c1-2-14-7-8(12)6-11-5-3-4-9(10)13/h8,11-12H,2-7H2,1H3,(H2,10,13). The summed E-state index contributed by atoms with van der Waals surface area (Å²) in [6.07, 6.45) is 0.606. The van der Waals surface area contributed by atoms with Crippen LogP contribution >= 0.6 is 0 Å². The van der Waals surface area contributed by atoms with Gasteiger partial charge in [-0.3, -0.25) is 4.79 Å². The average Bonchev–Trinajstić information content (AvgIpc) is 2.13. The van der Waals surface area contributed by atoms with Gasteiger partial charge in [-0.15, -0.1) is 0 Å². The second-order valence-electron chi connectivity index (χ2n) is 3.09. The molecule has 0 heterocycles. The zero-order valence-corrected chi connectivity index (χ0v) is 8.66. The molecule has 0 spiro atoms. The largest absolute Gasteiger partial charge is 0.389 e. The number of aliphatic hydroxyl groups excluding tert-OH is 1. The van der Waals surface area contributed by atoms with Gasteiger partial charge in [0.2, 0.25) is 5.91 Å². The Morgan fingerprint density at radius 3 is 2.93 bits per heavy atom. The number of ether oxygens (including phenoxy) is 1. The van der Waals surface area contributed by atoms with Crippen LogP contribution in [0.5, 0.6) is 0 Å². The molecule has 0 aliphatic rings. The van der Waals surface area contributed by atoms with E-state index in [1.807, 2.05) is 6.92 Å². The maximum atomic E-state index is 10.4. The van der Waals surface area contributed by atoms with Gasteiger partial charge in [-0.05, 0) is 19.9 Å². The fourth-order valence-corrected chi connectivity index (χ4v) is 0.969. The quantitative estimate of drug-likeness (QED) is 0.431. The van der Waals surface area contributed by atoms with Crippen molar-refractivity contribution in [3.05, 3.63) is 0 Å². The Morgan fingerprint density at radius 2 is 2.36 bits per heavy atom. The first-order chi connectivity index (χ1) is 6.66. The summed E-state index contributed by atoms with van der Waals surface area (Å²) in [6.45, 7) is 4.01. The molecular weight excluding hydrogens is 184 g/mol. The third-order valence-corrected chi connectivity index (χ3v) is 1.67. The van der Waals surface area contributed by atoms with E-state index in [-0.39, 0.29) is 5.91 Å². The molecule has 4 N–H and O–H groups in total. The van der Waals surface area contributed by atoms with Crippen molar-refractivity contribution in [2.45, 2.75) is 25.9 Å². The van der Waals surface area contributed by atoms with Crippen LogP contribution in [0.3, 0.4) is 0 Å². The molecule has 0 saturated heterocycles. The lowest BCUT2D eigenvalue weighted by Gasteiger charge is -2.10. The Balaban J connectivity index is 3.14. The molecule has 0 rings (SSSR count). The molecular formula is C9H20N2O3. The van der Waals surface area contributed by atoms with Gasteiger partial charge in [0.25, 0.3) is 0 Å². The summed E-state index contributed by atoms with van der Waals surface area (Å²) in [5.74, 6) is -0.290. The zero-order chi connectivity index (χ0) is 10.8. The molecule has 0 aromatic heterocycles. The van der Waals surface area contributed by atoms with E-state index < -0.39 is 6.10 Å². The molecule has 0 aliphatic heterocycles. The summed E-state index contributed by atoms with van der Waals surface area (Å²) >= 11 is 0. The highest BCUT2D eigenvalue weighted by atomic mass is 16.5. The van der Waals surface area contributed by atoms with Crippen LogP contribution in [-0.2, 0) is 9.53 Å². The summed E-state index contributed by atoms with van der Waals surface area (Å²) in [5.41, 5.74) is 4.96. The first kappa shape index (κ1) is 13.4. The van der Waals surface area contributed by atoms with Crippen LogP contribution in [0.4, 0.5) is 0 Å². The molecule has 0 bridgehead atoms. The summed E-state index contributed by atoms with van der Waals surface area (Å²) in [6, 6.07) is 0. The monoisotopic (exact) mass is 204 g/mol. The van der Waals surface area contributed by atoms with Gasteiger partial charge < -0.3 is 20.9 Å². The highest BCUT2D eigenvalue weighted by molar-refractivity contribution is 5.73.